The average Bonchev–Trinajstić information content (AvgIpc) is 2.71. The van der Waals surface area contributed by atoms with Gasteiger partial charge in [0, 0.05) is 32.7 Å². The first-order chi connectivity index (χ1) is 7.25. The van der Waals surface area contributed by atoms with Crippen molar-refractivity contribution in [3.8, 4) is 0 Å². The fraction of sp³-hybridized carbons (Fsp3) is 0.900. The molecule has 1 unspecified atom stereocenters. The van der Waals surface area contributed by atoms with Crippen molar-refractivity contribution in [1.82, 2.24) is 15.1 Å². The van der Waals surface area contributed by atoms with Gasteiger partial charge in [0.05, 0.1) is 0 Å². The van der Waals surface area contributed by atoms with Gasteiger partial charge in [-0.05, 0) is 25.4 Å². The number of carboxylic acid groups (broad SMARTS) is 1. The Kier molecular flexibility index (Phi) is 3.43. The second kappa shape index (κ2) is 4.81. The van der Waals surface area contributed by atoms with Crippen molar-refractivity contribution in [2.75, 3.05) is 45.8 Å². The second-order valence-corrected chi connectivity index (χ2v) is 4.43. The van der Waals surface area contributed by atoms with Gasteiger partial charge >= 0.3 is 6.09 Å². The van der Waals surface area contributed by atoms with Gasteiger partial charge in [-0.2, -0.15) is 0 Å². The fourth-order valence-electron chi connectivity index (χ4n) is 2.36. The Labute approximate surface area is 90.0 Å². The number of carbonyl (C=O) groups is 1. The summed E-state index contributed by atoms with van der Waals surface area (Å²) in [5.41, 5.74) is 0. The Bertz CT molecular complexity index is 221. The number of hydrogen-bond donors (Lipinski definition) is 2. The Hall–Kier alpha value is -0.810. The van der Waals surface area contributed by atoms with Gasteiger partial charge < -0.3 is 15.3 Å². The lowest BCUT2D eigenvalue weighted by Crippen LogP contribution is -2.49. The summed E-state index contributed by atoms with van der Waals surface area (Å²) in [6.45, 7) is 6.50. The lowest BCUT2D eigenvalue weighted by molar-refractivity contribution is 0.0995. The van der Waals surface area contributed by atoms with E-state index in [0.717, 1.165) is 38.6 Å². The molecule has 2 saturated heterocycles. The van der Waals surface area contributed by atoms with Crippen LogP contribution < -0.4 is 5.32 Å². The molecule has 2 fully saturated rings. The fourth-order valence-corrected chi connectivity index (χ4v) is 2.36. The van der Waals surface area contributed by atoms with E-state index in [1.807, 2.05) is 0 Å². The van der Waals surface area contributed by atoms with Crippen LogP contribution in [-0.2, 0) is 0 Å². The van der Waals surface area contributed by atoms with Crippen molar-refractivity contribution in [3.63, 3.8) is 0 Å². The van der Waals surface area contributed by atoms with Crippen LogP contribution in [0.1, 0.15) is 6.42 Å². The maximum atomic E-state index is 10.7. The van der Waals surface area contributed by atoms with Crippen LogP contribution in [0.4, 0.5) is 4.79 Å². The van der Waals surface area contributed by atoms with Crippen LogP contribution in [0.2, 0.25) is 0 Å². The van der Waals surface area contributed by atoms with E-state index < -0.39 is 6.09 Å². The Morgan fingerprint density at radius 1 is 1.33 bits per heavy atom. The minimum absolute atomic E-state index is 0.662. The first kappa shape index (κ1) is 10.7. The molecule has 0 aromatic carbocycles. The number of nitrogens with one attached hydrogen (secondary N) is 1. The molecule has 2 heterocycles. The van der Waals surface area contributed by atoms with Crippen molar-refractivity contribution >= 4 is 6.09 Å². The first-order valence-corrected chi connectivity index (χ1v) is 5.66. The number of hydrogen-bond acceptors (Lipinski definition) is 3. The van der Waals surface area contributed by atoms with Crippen LogP contribution in [0, 0.1) is 5.92 Å². The summed E-state index contributed by atoms with van der Waals surface area (Å²) in [4.78, 5) is 14.6. The minimum Gasteiger partial charge on any atom is -0.465 e. The molecule has 15 heavy (non-hydrogen) atoms. The van der Waals surface area contributed by atoms with Gasteiger partial charge in [0.15, 0.2) is 0 Å². The van der Waals surface area contributed by atoms with E-state index in [1.54, 1.807) is 0 Å². The SMILES string of the molecule is O=C(O)N1CCN(CC2CCNC2)CC1. The van der Waals surface area contributed by atoms with E-state index in [1.165, 1.54) is 11.3 Å². The van der Waals surface area contributed by atoms with Crippen molar-refractivity contribution in [2.45, 2.75) is 6.42 Å². The van der Waals surface area contributed by atoms with Crippen molar-refractivity contribution in [3.05, 3.63) is 0 Å². The van der Waals surface area contributed by atoms with Crippen LogP contribution in [0.5, 0.6) is 0 Å². The summed E-state index contributed by atoms with van der Waals surface area (Å²) in [5.74, 6) is 0.765. The summed E-state index contributed by atoms with van der Waals surface area (Å²) < 4.78 is 0. The largest absolute Gasteiger partial charge is 0.465 e. The molecular weight excluding hydrogens is 194 g/mol. The van der Waals surface area contributed by atoms with E-state index in [0.29, 0.717) is 13.1 Å². The molecule has 0 saturated carbocycles. The van der Waals surface area contributed by atoms with Crippen LogP contribution in [0.25, 0.3) is 0 Å². The maximum absolute atomic E-state index is 10.7. The molecule has 0 spiro atoms. The molecular formula is C10H19N3O2. The Morgan fingerprint density at radius 2 is 2.07 bits per heavy atom. The van der Waals surface area contributed by atoms with Gasteiger partial charge in [-0.25, -0.2) is 4.79 Å². The van der Waals surface area contributed by atoms with Gasteiger partial charge in [0.2, 0.25) is 0 Å². The minimum atomic E-state index is -0.780. The second-order valence-electron chi connectivity index (χ2n) is 4.43. The molecule has 0 aromatic heterocycles. The zero-order valence-electron chi connectivity index (χ0n) is 8.98. The van der Waals surface area contributed by atoms with E-state index >= 15 is 0 Å². The molecule has 5 heteroatoms. The van der Waals surface area contributed by atoms with Gasteiger partial charge in [0.25, 0.3) is 0 Å². The van der Waals surface area contributed by atoms with Crippen molar-refractivity contribution in [1.29, 1.82) is 0 Å². The monoisotopic (exact) mass is 213 g/mol. The van der Waals surface area contributed by atoms with Gasteiger partial charge in [-0.15, -0.1) is 0 Å². The molecule has 1 amide bonds. The molecule has 0 aliphatic carbocycles. The van der Waals surface area contributed by atoms with Crippen LogP contribution >= 0.6 is 0 Å². The summed E-state index contributed by atoms with van der Waals surface area (Å²) in [6, 6.07) is 0. The molecule has 5 nitrogen and oxygen atoms in total. The van der Waals surface area contributed by atoms with Gasteiger partial charge in [0.1, 0.15) is 0 Å². The summed E-state index contributed by atoms with van der Waals surface area (Å²) in [5, 5.41) is 12.2. The van der Waals surface area contributed by atoms with Crippen molar-refractivity contribution < 1.29 is 9.90 Å². The molecule has 0 radical (unpaired) electrons. The third-order valence-electron chi connectivity index (χ3n) is 3.32. The number of amides is 1. The zero-order valence-corrected chi connectivity index (χ0v) is 8.98. The van der Waals surface area contributed by atoms with Crippen LogP contribution in [0.3, 0.4) is 0 Å². The number of rotatable bonds is 2. The lowest BCUT2D eigenvalue weighted by Gasteiger charge is -2.34. The quantitative estimate of drug-likeness (QED) is 0.672. The highest BCUT2D eigenvalue weighted by Crippen LogP contribution is 2.11. The third kappa shape index (κ3) is 2.82. The summed E-state index contributed by atoms with van der Waals surface area (Å²) in [7, 11) is 0. The highest BCUT2D eigenvalue weighted by Gasteiger charge is 2.23. The van der Waals surface area contributed by atoms with Gasteiger partial charge in [-0.3, -0.25) is 4.90 Å². The topological polar surface area (TPSA) is 55.8 Å². The molecule has 2 aliphatic rings. The molecule has 2 N–H and O–H groups in total. The summed E-state index contributed by atoms with van der Waals surface area (Å²) in [6.07, 6.45) is 0.483. The predicted octanol–water partition coefficient (Wildman–Crippen LogP) is -0.108. The molecule has 2 rings (SSSR count). The van der Waals surface area contributed by atoms with E-state index in [9.17, 15) is 4.79 Å². The smallest absolute Gasteiger partial charge is 0.407 e. The predicted molar refractivity (Wildman–Crippen MR) is 57.0 cm³/mol. The molecule has 1 atom stereocenters. The average molecular weight is 213 g/mol. The number of nitrogens with zero attached hydrogens (tertiary/aromatic N) is 2. The summed E-state index contributed by atoms with van der Waals surface area (Å²) >= 11 is 0. The Morgan fingerprint density at radius 3 is 2.60 bits per heavy atom. The normalized spacial score (nSPS) is 28.3. The highest BCUT2D eigenvalue weighted by molar-refractivity contribution is 5.65. The van der Waals surface area contributed by atoms with E-state index in [2.05, 4.69) is 10.2 Å². The van der Waals surface area contributed by atoms with Gasteiger partial charge in [-0.1, -0.05) is 0 Å². The van der Waals surface area contributed by atoms with Crippen molar-refractivity contribution in [2.24, 2.45) is 5.92 Å². The molecule has 0 bridgehead atoms. The molecule has 86 valence electrons. The van der Waals surface area contributed by atoms with Crippen LogP contribution in [0.15, 0.2) is 0 Å². The third-order valence-corrected chi connectivity index (χ3v) is 3.32. The maximum Gasteiger partial charge on any atom is 0.407 e. The number of piperazine rings is 1. The highest BCUT2D eigenvalue weighted by atomic mass is 16.4. The lowest BCUT2D eigenvalue weighted by atomic mass is 10.1. The molecule has 0 aromatic rings. The van der Waals surface area contributed by atoms with E-state index in [-0.39, 0.29) is 0 Å². The van der Waals surface area contributed by atoms with Crippen LogP contribution in [-0.4, -0.2) is 66.8 Å². The van der Waals surface area contributed by atoms with E-state index in [4.69, 9.17) is 5.11 Å². The molecule has 2 aliphatic heterocycles. The zero-order chi connectivity index (χ0) is 10.7. The Balaban J connectivity index is 1.71. The standard InChI is InChI=1S/C10H19N3O2/c14-10(15)13-5-3-12(4-6-13)8-9-1-2-11-7-9/h9,11H,1-8H2,(H,14,15). The first-order valence-electron chi connectivity index (χ1n) is 5.66.